The van der Waals surface area contributed by atoms with E-state index in [0.29, 0.717) is 17.7 Å². The Kier molecular flexibility index (Phi) is 4.68. The van der Waals surface area contributed by atoms with E-state index in [2.05, 4.69) is 26.8 Å². The first-order valence-corrected chi connectivity index (χ1v) is 7.88. The van der Waals surface area contributed by atoms with Gasteiger partial charge in [-0.15, -0.1) is 11.8 Å². The van der Waals surface area contributed by atoms with Crippen molar-refractivity contribution in [1.82, 2.24) is 4.98 Å². The molecule has 2 N–H and O–H groups in total. The predicted octanol–water partition coefficient (Wildman–Crippen LogP) is 3.56. The number of hydrogen-bond donors (Lipinski definition) is 1. The van der Waals surface area contributed by atoms with Gasteiger partial charge in [-0.05, 0) is 42.7 Å². The Hall–Kier alpha value is -0.540. The van der Waals surface area contributed by atoms with Gasteiger partial charge in [0.25, 0.3) is 0 Å². The Balaban J connectivity index is 2.28. The third-order valence-corrected chi connectivity index (χ3v) is 5.29. The molecule has 1 aliphatic carbocycles. The van der Waals surface area contributed by atoms with E-state index in [1.54, 1.807) is 0 Å². The van der Waals surface area contributed by atoms with E-state index < -0.39 is 0 Å². The molecule has 0 aliphatic heterocycles. The predicted molar refractivity (Wildman–Crippen MR) is 78.9 cm³/mol. The van der Waals surface area contributed by atoms with Crippen molar-refractivity contribution in [1.29, 1.82) is 0 Å². The zero-order valence-corrected chi connectivity index (χ0v) is 12.5. The van der Waals surface area contributed by atoms with Gasteiger partial charge in [0.2, 0.25) is 0 Å². The monoisotopic (exact) mass is 264 g/mol. The average Bonchev–Trinajstić information content (AvgIpc) is 2.37. The summed E-state index contributed by atoms with van der Waals surface area (Å²) >= 11 is 1.88. The van der Waals surface area contributed by atoms with Crippen LogP contribution in [0.2, 0.25) is 0 Å². The van der Waals surface area contributed by atoms with Crippen LogP contribution in [0.15, 0.2) is 11.1 Å². The fraction of sp³-hybridized carbons (Fsp3) is 0.667. The number of nitrogens with two attached hydrogens (primary N) is 1. The smallest absolute Gasteiger partial charge is 0.101 e. The van der Waals surface area contributed by atoms with Crippen molar-refractivity contribution in [2.24, 2.45) is 11.7 Å². The average molecular weight is 264 g/mol. The van der Waals surface area contributed by atoms with Gasteiger partial charge >= 0.3 is 0 Å². The van der Waals surface area contributed by atoms with Gasteiger partial charge in [0, 0.05) is 17.5 Å². The summed E-state index contributed by atoms with van der Waals surface area (Å²) in [5, 5.41) is 1.75. The number of fused-ring (bicyclic) bond motifs is 1. The maximum atomic E-state index is 5.88. The number of pyridine rings is 1. The van der Waals surface area contributed by atoms with Crippen LogP contribution >= 0.6 is 11.8 Å². The van der Waals surface area contributed by atoms with Crippen molar-refractivity contribution >= 4 is 11.8 Å². The van der Waals surface area contributed by atoms with Gasteiger partial charge < -0.3 is 5.73 Å². The van der Waals surface area contributed by atoms with E-state index >= 15 is 0 Å². The highest BCUT2D eigenvalue weighted by Crippen LogP contribution is 2.32. The van der Waals surface area contributed by atoms with Crippen LogP contribution in [0.3, 0.4) is 0 Å². The molecule has 1 unspecified atom stereocenters. The molecule has 18 heavy (non-hydrogen) atoms. The summed E-state index contributed by atoms with van der Waals surface area (Å²) in [4.78, 5) is 4.89. The first-order chi connectivity index (χ1) is 8.61. The van der Waals surface area contributed by atoms with Gasteiger partial charge in [0.15, 0.2) is 0 Å². The molecule has 0 spiro atoms. The Bertz CT molecular complexity index is 415. The Morgan fingerprint density at radius 3 is 2.67 bits per heavy atom. The molecule has 0 amide bonds. The number of rotatable bonds is 4. The quantitative estimate of drug-likeness (QED) is 0.845. The Labute approximate surface area is 115 Å². The lowest BCUT2D eigenvalue weighted by molar-refractivity contribution is 0.637. The second-order valence-electron chi connectivity index (χ2n) is 5.54. The summed E-state index contributed by atoms with van der Waals surface area (Å²) in [5.41, 5.74) is 9.86. The fourth-order valence-corrected chi connectivity index (χ4v) is 3.30. The maximum Gasteiger partial charge on any atom is 0.101 e. The standard InChI is InChI=1S/C15H24N2S/c1-10(2)11(3)18-15-13(9-16)8-12-6-4-5-7-14(12)17-15/h8,10-11H,4-7,9,16H2,1-3H3. The van der Waals surface area contributed by atoms with E-state index in [9.17, 15) is 0 Å². The minimum Gasteiger partial charge on any atom is -0.326 e. The van der Waals surface area contributed by atoms with Crippen LogP contribution in [0.4, 0.5) is 0 Å². The molecule has 0 aromatic carbocycles. The van der Waals surface area contributed by atoms with Gasteiger partial charge in [-0.2, -0.15) is 0 Å². The van der Waals surface area contributed by atoms with Crippen LogP contribution in [0.1, 0.15) is 50.4 Å². The van der Waals surface area contributed by atoms with E-state index in [1.807, 2.05) is 11.8 Å². The molecule has 1 aliphatic rings. The number of aromatic nitrogens is 1. The first-order valence-electron chi connectivity index (χ1n) is 7.00. The third kappa shape index (κ3) is 3.07. The van der Waals surface area contributed by atoms with Crippen LogP contribution in [0.25, 0.3) is 0 Å². The van der Waals surface area contributed by atoms with Gasteiger partial charge in [-0.25, -0.2) is 4.98 Å². The van der Waals surface area contributed by atoms with Crippen LogP contribution in [-0.2, 0) is 19.4 Å². The van der Waals surface area contributed by atoms with E-state index in [4.69, 9.17) is 10.7 Å². The number of nitrogens with zero attached hydrogens (tertiary/aromatic N) is 1. The topological polar surface area (TPSA) is 38.9 Å². The van der Waals surface area contributed by atoms with Crippen LogP contribution < -0.4 is 5.73 Å². The molecule has 0 fully saturated rings. The minimum absolute atomic E-state index is 0.587. The second kappa shape index (κ2) is 6.07. The molecular formula is C15H24N2S. The van der Waals surface area contributed by atoms with Crippen molar-refractivity contribution in [3.63, 3.8) is 0 Å². The van der Waals surface area contributed by atoms with E-state index in [0.717, 1.165) is 6.42 Å². The van der Waals surface area contributed by atoms with Crippen LogP contribution in [0, 0.1) is 5.92 Å². The SMILES string of the molecule is CC(C)C(C)Sc1nc2c(cc1CN)CCCC2. The highest BCUT2D eigenvalue weighted by atomic mass is 32.2. The van der Waals surface area contributed by atoms with E-state index in [-0.39, 0.29) is 0 Å². The first kappa shape index (κ1) is 13.9. The number of aryl methyl sites for hydroxylation is 2. The minimum atomic E-state index is 0.587. The molecule has 0 saturated heterocycles. The normalized spacial score (nSPS) is 16.7. The molecule has 1 heterocycles. The summed E-state index contributed by atoms with van der Waals surface area (Å²) < 4.78 is 0. The summed E-state index contributed by atoms with van der Waals surface area (Å²) in [6, 6.07) is 2.30. The molecule has 2 rings (SSSR count). The summed E-state index contributed by atoms with van der Waals surface area (Å²) in [6.45, 7) is 7.40. The van der Waals surface area contributed by atoms with Crippen molar-refractivity contribution in [2.45, 2.75) is 63.3 Å². The lowest BCUT2D eigenvalue weighted by atomic mass is 9.95. The molecular weight excluding hydrogens is 240 g/mol. The zero-order chi connectivity index (χ0) is 13.1. The molecule has 100 valence electrons. The molecule has 1 aromatic heterocycles. The number of hydrogen-bond acceptors (Lipinski definition) is 3. The summed E-state index contributed by atoms with van der Waals surface area (Å²) in [6.07, 6.45) is 4.91. The van der Waals surface area contributed by atoms with Crippen molar-refractivity contribution in [3.05, 3.63) is 22.9 Å². The number of thioether (sulfide) groups is 1. The maximum absolute atomic E-state index is 5.88. The molecule has 1 atom stereocenters. The lowest BCUT2D eigenvalue weighted by Gasteiger charge is -2.21. The Morgan fingerprint density at radius 1 is 1.28 bits per heavy atom. The molecule has 3 heteroatoms. The molecule has 0 bridgehead atoms. The van der Waals surface area contributed by atoms with Gasteiger partial charge in [0.1, 0.15) is 5.03 Å². The van der Waals surface area contributed by atoms with Gasteiger partial charge in [0.05, 0.1) is 0 Å². The van der Waals surface area contributed by atoms with Crippen molar-refractivity contribution < 1.29 is 0 Å². The molecule has 2 nitrogen and oxygen atoms in total. The highest BCUT2D eigenvalue weighted by molar-refractivity contribution is 7.99. The third-order valence-electron chi connectivity index (χ3n) is 3.80. The molecule has 0 saturated carbocycles. The van der Waals surface area contributed by atoms with Crippen molar-refractivity contribution in [3.8, 4) is 0 Å². The van der Waals surface area contributed by atoms with E-state index in [1.165, 1.54) is 41.1 Å². The Morgan fingerprint density at radius 2 is 2.00 bits per heavy atom. The lowest BCUT2D eigenvalue weighted by Crippen LogP contribution is -2.12. The summed E-state index contributed by atoms with van der Waals surface area (Å²) in [7, 11) is 0. The zero-order valence-electron chi connectivity index (χ0n) is 11.7. The van der Waals surface area contributed by atoms with Gasteiger partial charge in [-0.3, -0.25) is 0 Å². The molecule has 1 aromatic rings. The van der Waals surface area contributed by atoms with Crippen LogP contribution in [-0.4, -0.2) is 10.2 Å². The largest absolute Gasteiger partial charge is 0.326 e. The highest BCUT2D eigenvalue weighted by Gasteiger charge is 2.17. The van der Waals surface area contributed by atoms with Gasteiger partial charge in [-0.1, -0.05) is 26.8 Å². The molecule has 0 radical (unpaired) electrons. The van der Waals surface area contributed by atoms with Crippen molar-refractivity contribution in [2.75, 3.05) is 0 Å². The summed E-state index contributed by atoms with van der Waals surface area (Å²) in [5.74, 6) is 0.665. The fourth-order valence-electron chi connectivity index (χ4n) is 2.22. The second-order valence-corrected chi connectivity index (χ2v) is 6.90. The van der Waals surface area contributed by atoms with Crippen LogP contribution in [0.5, 0.6) is 0 Å².